The highest BCUT2D eigenvalue weighted by atomic mass is 16.2. The molecule has 0 spiro atoms. The van der Waals surface area contributed by atoms with Gasteiger partial charge in [-0.3, -0.25) is 14.9 Å². The second kappa shape index (κ2) is 4.25. The first-order valence-electron chi connectivity index (χ1n) is 5.61. The highest BCUT2D eigenvalue weighted by molar-refractivity contribution is 6.04. The fraction of sp³-hybridized carbons (Fsp3) is 0.455. The largest absolute Gasteiger partial charge is 0.383 e. The number of hydrogen-bond donors (Lipinski definition) is 2. The molecule has 7 nitrogen and oxygen atoms in total. The van der Waals surface area contributed by atoms with Gasteiger partial charge in [0, 0.05) is 5.56 Å². The van der Waals surface area contributed by atoms with Crippen LogP contribution in [-0.2, 0) is 9.59 Å². The van der Waals surface area contributed by atoms with Gasteiger partial charge in [0.1, 0.15) is 23.5 Å². The Hall–Kier alpha value is -2.18. The Labute approximate surface area is 104 Å². The molecular formula is C11H15N5O2. The molecule has 7 heteroatoms. The summed E-state index contributed by atoms with van der Waals surface area (Å²) < 4.78 is 0. The van der Waals surface area contributed by atoms with Crippen molar-refractivity contribution in [1.29, 1.82) is 0 Å². The first kappa shape index (κ1) is 12.3. The smallest absolute Gasteiger partial charge is 0.249 e. The second-order valence-electron chi connectivity index (χ2n) is 4.32. The molecule has 2 rings (SSSR count). The van der Waals surface area contributed by atoms with Crippen LogP contribution in [0.3, 0.4) is 0 Å². The third kappa shape index (κ3) is 1.99. The third-order valence-corrected chi connectivity index (χ3v) is 2.97. The monoisotopic (exact) mass is 249 g/mol. The van der Waals surface area contributed by atoms with E-state index in [4.69, 9.17) is 5.73 Å². The minimum Gasteiger partial charge on any atom is -0.383 e. The van der Waals surface area contributed by atoms with E-state index in [9.17, 15) is 9.59 Å². The number of nitrogens with zero attached hydrogens (tertiary/aromatic N) is 3. The molecule has 96 valence electrons. The number of carbonyl (C=O) groups excluding carboxylic acids is 2. The number of anilines is 2. The molecule has 18 heavy (non-hydrogen) atoms. The minimum absolute atomic E-state index is 0.0869. The van der Waals surface area contributed by atoms with Gasteiger partial charge >= 0.3 is 0 Å². The second-order valence-corrected chi connectivity index (χ2v) is 4.32. The van der Waals surface area contributed by atoms with E-state index in [1.54, 1.807) is 25.7 Å². The number of rotatable bonds is 1. The summed E-state index contributed by atoms with van der Waals surface area (Å²) in [7, 11) is 0. The molecule has 1 atom stereocenters. The zero-order chi connectivity index (χ0) is 13.4. The summed E-state index contributed by atoms with van der Waals surface area (Å²) in [6, 6.07) is -0.463. The highest BCUT2D eigenvalue weighted by Crippen LogP contribution is 2.24. The maximum absolute atomic E-state index is 11.6. The van der Waals surface area contributed by atoms with Crippen LogP contribution in [0.1, 0.15) is 18.3 Å². The van der Waals surface area contributed by atoms with Crippen LogP contribution in [0.5, 0.6) is 0 Å². The van der Waals surface area contributed by atoms with Gasteiger partial charge in [0.15, 0.2) is 0 Å². The van der Waals surface area contributed by atoms with Gasteiger partial charge in [-0.25, -0.2) is 9.97 Å². The third-order valence-electron chi connectivity index (χ3n) is 2.97. The summed E-state index contributed by atoms with van der Waals surface area (Å²) in [4.78, 5) is 33.0. The van der Waals surface area contributed by atoms with Crippen LogP contribution in [-0.4, -0.2) is 34.4 Å². The van der Waals surface area contributed by atoms with Crippen LogP contribution in [0, 0.1) is 13.8 Å². The first-order chi connectivity index (χ1) is 8.40. The van der Waals surface area contributed by atoms with Crippen LogP contribution >= 0.6 is 0 Å². The molecule has 1 unspecified atom stereocenters. The summed E-state index contributed by atoms with van der Waals surface area (Å²) in [5.41, 5.74) is 6.46. The Balaban J connectivity index is 2.47. The van der Waals surface area contributed by atoms with E-state index in [1.807, 2.05) is 0 Å². The SMILES string of the molecule is Cc1nc(N)c(C)c(N2CC(=O)NC(=O)C2C)n1. The van der Waals surface area contributed by atoms with Gasteiger partial charge in [-0.15, -0.1) is 0 Å². The van der Waals surface area contributed by atoms with Gasteiger partial charge in [-0.05, 0) is 20.8 Å². The molecule has 1 aliphatic rings. The van der Waals surface area contributed by atoms with Crippen LogP contribution in [0.4, 0.5) is 11.6 Å². The number of nitrogens with two attached hydrogens (primary N) is 1. The van der Waals surface area contributed by atoms with Crippen molar-refractivity contribution in [3.63, 3.8) is 0 Å². The molecule has 2 heterocycles. The zero-order valence-electron chi connectivity index (χ0n) is 10.5. The lowest BCUT2D eigenvalue weighted by molar-refractivity contribution is -0.132. The van der Waals surface area contributed by atoms with Crippen molar-refractivity contribution >= 4 is 23.5 Å². The molecule has 0 bridgehead atoms. The lowest BCUT2D eigenvalue weighted by Gasteiger charge is -2.33. The van der Waals surface area contributed by atoms with Crippen LogP contribution in [0.15, 0.2) is 0 Å². The molecule has 0 aliphatic carbocycles. The van der Waals surface area contributed by atoms with Crippen LogP contribution < -0.4 is 16.0 Å². The molecule has 0 saturated carbocycles. The van der Waals surface area contributed by atoms with Gasteiger partial charge in [0.05, 0.1) is 6.54 Å². The van der Waals surface area contributed by atoms with Gasteiger partial charge in [0.2, 0.25) is 11.8 Å². The lowest BCUT2D eigenvalue weighted by atomic mass is 10.1. The lowest BCUT2D eigenvalue weighted by Crippen LogP contribution is -2.57. The summed E-state index contributed by atoms with van der Waals surface area (Å²) in [6.07, 6.45) is 0. The van der Waals surface area contributed by atoms with E-state index in [0.29, 0.717) is 23.0 Å². The standard InChI is InChI=1S/C11H15N5O2/c1-5-9(12)13-7(3)14-10(5)16-4-8(17)15-11(18)6(16)2/h6H,4H2,1-3H3,(H2,12,13,14)(H,15,17,18). The van der Waals surface area contributed by atoms with E-state index >= 15 is 0 Å². The highest BCUT2D eigenvalue weighted by Gasteiger charge is 2.32. The molecule has 1 aromatic rings. The molecule has 1 saturated heterocycles. The number of aromatic nitrogens is 2. The fourth-order valence-electron chi connectivity index (χ4n) is 1.89. The number of nitrogen functional groups attached to an aromatic ring is 1. The summed E-state index contributed by atoms with van der Waals surface area (Å²) in [5.74, 6) is 0.741. The number of nitrogens with one attached hydrogen (secondary N) is 1. The normalized spacial score (nSPS) is 19.9. The summed E-state index contributed by atoms with van der Waals surface area (Å²) >= 11 is 0. The van der Waals surface area contributed by atoms with Crippen LogP contribution in [0.2, 0.25) is 0 Å². The summed E-state index contributed by atoms with van der Waals surface area (Å²) in [5, 5.41) is 2.28. The molecule has 0 radical (unpaired) electrons. The van der Waals surface area contributed by atoms with Gasteiger partial charge in [-0.2, -0.15) is 0 Å². The van der Waals surface area contributed by atoms with Crippen molar-refractivity contribution < 1.29 is 9.59 Å². The van der Waals surface area contributed by atoms with Gasteiger partial charge < -0.3 is 10.6 Å². The zero-order valence-corrected chi connectivity index (χ0v) is 10.5. The Morgan fingerprint density at radius 3 is 2.67 bits per heavy atom. The molecule has 3 N–H and O–H groups in total. The number of hydrogen-bond acceptors (Lipinski definition) is 6. The van der Waals surface area contributed by atoms with Gasteiger partial charge in [-0.1, -0.05) is 0 Å². The van der Waals surface area contributed by atoms with Crippen molar-refractivity contribution in [2.45, 2.75) is 26.8 Å². The first-order valence-corrected chi connectivity index (χ1v) is 5.61. The fourth-order valence-corrected chi connectivity index (χ4v) is 1.89. The number of aryl methyl sites for hydroxylation is 1. The van der Waals surface area contributed by atoms with Crippen molar-refractivity contribution in [2.24, 2.45) is 0 Å². The Kier molecular flexibility index (Phi) is 2.90. The van der Waals surface area contributed by atoms with E-state index in [0.717, 1.165) is 0 Å². The number of amides is 2. The predicted octanol–water partition coefficient (Wildman–Crippen LogP) is -0.473. The van der Waals surface area contributed by atoms with E-state index in [1.165, 1.54) is 0 Å². The van der Waals surface area contributed by atoms with Crippen molar-refractivity contribution in [3.05, 3.63) is 11.4 Å². The molecule has 0 aromatic carbocycles. The number of piperazine rings is 1. The van der Waals surface area contributed by atoms with Crippen LogP contribution in [0.25, 0.3) is 0 Å². The molecule has 1 fully saturated rings. The average Bonchev–Trinajstić information content (AvgIpc) is 2.28. The Morgan fingerprint density at radius 2 is 2.00 bits per heavy atom. The number of imide groups is 1. The molecule has 1 aliphatic heterocycles. The minimum atomic E-state index is -0.463. The Morgan fingerprint density at radius 1 is 1.33 bits per heavy atom. The van der Waals surface area contributed by atoms with E-state index in [-0.39, 0.29) is 18.4 Å². The van der Waals surface area contributed by atoms with Crippen molar-refractivity contribution in [3.8, 4) is 0 Å². The molecule has 1 aromatic heterocycles. The van der Waals surface area contributed by atoms with E-state index in [2.05, 4.69) is 15.3 Å². The van der Waals surface area contributed by atoms with Crippen molar-refractivity contribution in [1.82, 2.24) is 15.3 Å². The average molecular weight is 249 g/mol. The molecule has 2 amide bonds. The summed E-state index contributed by atoms with van der Waals surface area (Å²) in [6.45, 7) is 5.29. The maximum atomic E-state index is 11.6. The number of carbonyl (C=O) groups is 2. The molecular weight excluding hydrogens is 234 g/mol. The Bertz CT molecular complexity index is 528. The maximum Gasteiger partial charge on any atom is 0.249 e. The topological polar surface area (TPSA) is 101 Å². The van der Waals surface area contributed by atoms with E-state index < -0.39 is 6.04 Å². The quantitative estimate of drug-likeness (QED) is 0.652. The predicted molar refractivity (Wildman–Crippen MR) is 65.9 cm³/mol. The van der Waals surface area contributed by atoms with Gasteiger partial charge in [0.25, 0.3) is 0 Å². The van der Waals surface area contributed by atoms with Crippen molar-refractivity contribution in [2.75, 3.05) is 17.2 Å².